The maximum atomic E-state index is 15.1. The van der Waals surface area contributed by atoms with Gasteiger partial charge in [-0.3, -0.25) is 14.5 Å². The summed E-state index contributed by atoms with van der Waals surface area (Å²) in [6, 6.07) is 9.40. The predicted molar refractivity (Wildman–Crippen MR) is 148 cm³/mol. The van der Waals surface area contributed by atoms with Crippen molar-refractivity contribution in [3.63, 3.8) is 0 Å². The lowest BCUT2D eigenvalue weighted by molar-refractivity contribution is 0.101. The minimum Gasteiger partial charge on any atom is -0.493 e. The zero-order chi connectivity index (χ0) is 28.1. The van der Waals surface area contributed by atoms with Gasteiger partial charge in [0.15, 0.2) is 22.9 Å². The van der Waals surface area contributed by atoms with Crippen LogP contribution in [0.2, 0.25) is 0 Å². The van der Waals surface area contributed by atoms with Gasteiger partial charge in [-0.05, 0) is 63.0 Å². The zero-order valence-electron chi connectivity index (χ0n) is 22.7. The van der Waals surface area contributed by atoms with Gasteiger partial charge in [0.1, 0.15) is 17.3 Å². The van der Waals surface area contributed by atoms with E-state index < -0.39 is 11.7 Å². The molecule has 0 aliphatic carbocycles. The number of pyridine rings is 1. The van der Waals surface area contributed by atoms with Gasteiger partial charge in [-0.15, -0.1) is 0 Å². The lowest BCUT2D eigenvalue weighted by atomic mass is 9.98. The molecule has 5 rings (SSSR count). The summed E-state index contributed by atoms with van der Waals surface area (Å²) in [6.45, 7) is 4.84. The number of fused-ring (bicyclic) bond motifs is 1. The van der Waals surface area contributed by atoms with E-state index in [0.717, 1.165) is 25.9 Å². The summed E-state index contributed by atoms with van der Waals surface area (Å²) >= 11 is 0. The highest BCUT2D eigenvalue weighted by Gasteiger charge is 2.22. The number of nitrogens with zero attached hydrogens (tertiary/aromatic N) is 3. The number of amides is 1. The van der Waals surface area contributed by atoms with Gasteiger partial charge in [0.2, 0.25) is 0 Å². The van der Waals surface area contributed by atoms with E-state index in [2.05, 4.69) is 20.7 Å². The molecule has 0 atom stereocenters. The molecular weight excluding hydrogens is 517 g/mol. The quantitative estimate of drug-likeness (QED) is 0.284. The Kier molecular flexibility index (Phi) is 8.30. The number of aromatic nitrogens is 3. The highest BCUT2D eigenvalue weighted by Crippen LogP contribution is 2.37. The van der Waals surface area contributed by atoms with E-state index in [4.69, 9.17) is 18.9 Å². The largest absolute Gasteiger partial charge is 0.493 e. The van der Waals surface area contributed by atoms with Crippen molar-refractivity contribution in [2.75, 3.05) is 39.2 Å². The molecule has 1 aliphatic rings. The van der Waals surface area contributed by atoms with Gasteiger partial charge in [0.25, 0.3) is 5.91 Å². The van der Waals surface area contributed by atoms with Crippen LogP contribution in [0.3, 0.4) is 0 Å². The van der Waals surface area contributed by atoms with Gasteiger partial charge in [0, 0.05) is 30.3 Å². The Morgan fingerprint density at radius 2 is 1.85 bits per heavy atom. The highest BCUT2D eigenvalue weighted by atomic mass is 19.1. The van der Waals surface area contributed by atoms with Crippen molar-refractivity contribution in [3.8, 4) is 28.7 Å². The smallest absolute Gasteiger partial charge is 0.280 e. The van der Waals surface area contributed by atoms with Gasteiger partial charge < -0.3 is 29.6 Å². The molecule has 2 aromatic carbocycles. The van der Waals surface area contributed by atoms with Crippen LogP contribution in [0.5, 0.6) is 28.7 Å². The number of benzene rings is 2. The van der Waals surface area contributed by atoms with Crippen LogP contribution < -0.4 is 29.6 Å². The fraction of sp³-hybridized carbons (Fsp3) is 0.345. The van der Waals surface area contributed by atoms with E-state index in [0.29, 0.717) is 53.0 Å². The normalized spacial score (nSPS) is 13.7. The zero-order valence-corrected chi connectivity index (χ0v) is 22.7. The number of rotatable bonds is 10. The van der Waals surface area contributed by atoms with Crippen molar-refractivity contribution >= 4 is 22.5 Å². The molecule has 3 heterocycles. The SMILES string of the molecule is CCOc1cn(CC2CCNCC2)nc1C(=O)Nc1ccc(Oc2ccnc3cc(OC)c(OC)cc23)cc1F. The monoisotopic (exact) mass is 549 g/mol. The predicted octanol–water partition coefficient (Wildman–Crippen LogP) is 5.03. The second-order valence-corrected chi connectivity index (χ2v) is 9.42. The maximum Gasteiger partial charge on any atom is 0.280 e. The van der Waals surface area contributed by atoms with E-state index >= 15 is 4.39 Å². The number of piperidine rings is 1. The summed E-state index contributed by atoms with van der Waals surface area (Å²) in [5.74, 6) is 1.39. The first-order valence-electron chi connectivity index (χ1n) is 13.2. The number of anilines is 1. The van der Waals surface area contributed by atoms with Gasteiger partial charge in [-0.2, -0.15) is 5.10 Å². The molecule has 1 saturated heterocycles. The summed E-state index contributed by atoms with van der Waals surface area (Å²) in [6.07, 6.45) is 5.41. The number of halogens is 1. The summed E-state index contributed by atoms with van der Waals surface area (Å²) in [4.78, 5) is 17.5. The third-order valence-corrected chi connectivity index (χ3v) is 6.77. The van der Waals surface area contributed by atoms with Crippen molar-refractivity contribution in [2.24, 2.45) is 5.92 Å². The van der Waals surface area contributed by atoms with Crippen LogP contribution in [0.25, 0.3) is 10.9 Å². The molecule has 10 nitrogen and oxygen atoms in total. The second kappa shape index (κ2) is 12.2. The number of ether oxygens (including phenoxy) is 4. The molecule has 0 radical (unpaired) electrons. The Morgan fingerprint density at radius 1 is 1.07 bits per heavy atom. The number of nitrogens with one attached hydrogen (secondary N) is 2. The molecule has 1 aliphatic heterocycles. The lowest BCUT2D eigenvalue weighted by Crippen LogP contribution is -2.30. The minimum atomic E-state index is -0.657. The number of carbonyl (C=O) groups is 1. The number of hydrogen-bond donors (Lipinski definition) is 2. The standard InChI is InChI=1S/C29H32FN5O5/c1-4-39-27-17-35(16-18-7-10-31-11-8-18)34-28(27)29(36)33-22-6-5-19(13-21(22)30)40-24-9-12-32-23-15-26(38-3)25(37-2)14-20(23)24/h5-6,9,12-15,17-18,31H,4,7-8,10-11,16H2,1-3H3,(H,33,36). The van der Waals surface area contributed by atoms with Gasteiger partial charge in [-0.25, -0.2) is 4.39 Å². The fourth-order valence-corrected chi connectivity index (χ4v) is 4.75. The summed E-state index contributed by atoms with van der Waals surface area (Å²) in [5, 5.41) is 11.1. The summed E-state index contributed by atoms with van der Waals surface area (Å²) in [7, 11) is 3.09. The van der Waals surface area contributed by atoms with Crippen molar-refractivity contribution in [3.05, 3.63) is 60.3 Å². The van der Waals surface area contributed by atoms with Crippen LogP contribution in [0.15, 0.2) is 48.8 Å². The Morgan fingerprint density at radius 3 is 2.58 bits per heavy atom. The molecule has 0 bridgehead atoms. The molecule has 0 spiro atoms. The Hall–Kier alpha value is -4.38. The van der Waals surface area contributed by atoms with Crippen LogP contribution in [0, 0.1) is 11.7 Å². The average Bonchev–Trinajstić information content (AvgIpc) is 3.36. The topological polar surface area (TPSA) is 109 Å². The van der Waals surface area contributed by atoms with Crippen molar-refractivity contribution in [2.45, 2.75) is 26.3 Å². The molecule has 4 aromatic rings. The molecule has 11 heteroatoms. The minimum absolute atomic E-state index is 0.00121. The van der Waals surface area contributed by atoms with E-state index in [-0.39, 0.29) is 17.1 Å². The fourth-order valence-electron chi connectivity index (χ4n) is 4.75. The Balaban J connectivity index is 1.33. The van der Waals surface area contributed by atoms with Crippen LogP contribution in [-0.2, 0) is 6.54 Å². The van der Waals surface area contributed by atoms with Crippen LogP contribution in [0.4, 0.5) is 10.1 Å². The Bertz CT molecular complexity index is 1500. The second-order valence-electron chi connectivity index (χ2n) is 9.42. The van der Waals surface area contributed by atoms with Gasteiger partial charge in [0.05, 0.1) is 38.2 Å². The molecule has 2 aromatic heterocycles. The van der Waals surface area contributed by atoms with Crippen LogP contribution in [-0.4, -0.2) is 54.6 Å². The van der Waals surface area contributed by atoms with E-state index in [1.807, 2.05) is 6.92 Å². The Labute approximate surface area is 231 Å². The third kappa shape index (κ3) is 5.94. The molecule has 1 fully saturated rings. The molecule has 210 valence electrons. The molecule has 0 unspecified atom stereocenters. The third-order valence-electron chi connectivity index (χ3n) is 6.77. The summed E-state index contributed by atoms with van der Waals surface area (Å²) < 4.78 is 39.2. The number of hydrogen-bond acceptors (Lipinski definition) is 8. The van der Waals surface area contributed by atoms with E-state index in [1.165, 1.54) is 12.1 Å². The van der Waals surface area contributed by atoms with E-state index in [9.17, 15) is 4.79 Å². The van der Waals surface area contributed by atoms with Crippen molar-refractivity contribution in [1.29, 1.82) is 0 Å². The molecule has 2 N–H and O–H groups in total. The summed E-state index contributed by atoms with van der Waals surface area (Å²) in [5.41, 5.74) is 0.742. The molecule has 40 heavy (non-hydrogen) atoms. The first-order valence-corrected chi connectivity index (χ1v) is 13.2. The highest BCUT2D eigenvalue weighted by molar-refractivity contribution is 6.04. The van der Waals surface area contributed by atoms with Crippen LogP contribution >= 0.6 is 0 Å². The number of carbonyl (C=O) groups excluding carboxylic acids is 1. The lowest BCUT2D eigenvalue weighted by Gasteiger charge is -2.22. The first kappa shape index (κ1) is 27.2. The van der Waals surface area contributed by atoms with Crippen molar-refractivity contribution in [1.82, 2.24) is 20.1 Å². The number of methoxy groups -OCH3 is 2. The van der Waals surface area contributed by atoms with E-state index in [1.54, 1.807) is 55.6 Å². The average molecular weight is 550 g/mol. The van der Waals surface area contributed by atoms with Gasteiger partial charge in [-0.1, -0.05) is 0 Å². The molecule has 1 amide bonds. The first-order chi connectivity index (χ1) is 19.5. The van der Waals surface area contributed by atoms with Crippen LogP contribution in [0.1, 0.15) is 30.3 Å². The van der Waals surface area contributed by atoms with Gasteiger partial charge >= 0.3 is 0 Å². The van der Waals surface area contributed by atoms with Crippen molar-refractivity contribution < 1.29 is 28.1 Å². The molecular formula is C29H32FN5O5. The maximum absolute atomic E-state index is 15.1. The molecule has 0 saturated carbocycles.